The summed E-state index contributed by atoms with van der Waals surface area (Å²) < 4.78 is 2.70. The summed E-state index contributed by atoms with van der Waals surface area (Å²) in [5, 5.41) is 22.8. The molecule has 2 heterocycles. The number of carbonyl (C=O) groups excluding carboxylic acids is 1. The first-order chi connectivity index (χ1) is 13.6. The van der Waals surface area contributed by atoms with Crippen LogP contribution in [-0.2, 0) is 16.9 Å². The number of carbonyl (C=O) groups is 1. The quantitative estimate of drug-likeness (QED) is 0.437. The van der Waals surface area contributed by atoms with Gasteiger partial charge in [-0.2, -0.15) is 10.2 Å². The van der Waals surface area contributed by atoms with Crippen LogP contribution in [0.15, 0.2) is 36.8 Å². The second-order valence-corrected chi connectivity index (χ2v) is 7.86. The van der Waals surface area contributed by atoms with E-state index in [1.807, 2.05) is 0 Å². The molecule has 0 bridgehead atoms. The predicted octanol–water partition coefficient (Wildman–Crippen LogP) is 4.37. The van der Waals surface area contributed by atoms with Gasteiger partial charge in [-0.1, -0.05) is 40.9 Å². The molecule has 152 valence electrons. The molecule has 2 aromatic heterocycles. The second kappa shape index (κ2) is 8.02. The maximum Gasteiger partial charge on any atom is 0.307 e. The minimum atomic E-state index is -1.23. The van der Waals surface area contributed by atoms with Gasteiger partial charge in [0.05, 0.1) is 11.5 Å². The fourth-order valence-electron chi connectivity index (χ4n) is 2.49. The van der Waals surface area contributed by atoms with Crippen molar-refractivity contribution in [2.45, 2.75) is 25.9 Å². The molecule has 0 saturated heterocycles. The zero-order chi connectivity index (χ0) is 21.3. The highest BCUT2D eigenvalue weighted by atomic mass is 35.5. The zero-order valence-corrected chi connectivity index (χ0v) is 17.5. The van der Waals surface area contributed by atoms with Crippen molar-refractivity contribution in [3.8, 4) is 0 Å². The third-order valence-corrected chi connectivity index (χ3v) is 5.22. The largest absolute Gasteiger partial charge is 0.307 e. The Hall–Kier alpha value is -2.62. The normalized spacial score (nSPS) is 11.5. The van der Waals surface area contributed by atoms with Gasteiger partial charge >= 0.3 is 5.69 Å². The molecule has 1 N–H and O–H groups in total. The Morgan fingerprint density at radius 3 is 2.45 bits per heavy atom. The molecule has 3 rings (SSSR count). The van der Waals surface area contributed by atoms with Crippen LogP contribution in [-0.4, -0.2) is 30.4 Å². The number of hydrogen-bond acceptors (Lipinski definition) is 5. The number of nitro groups is 1. The molecule has 12 heteroatoms. The summed E-state index contributed by atoms with van der Waals surface area (Å²) in [5.74, 6) is -0.368. The third kappa shape index (κ3) is 4.36. The molecular formula is C17H15Cl3N6O3. The SMILES string of the molecule is CC(C)(C(=O)Nc1nn(Cc2c(Cl)cccc2Cl)cc1Cl)n1cc([N+](=O)[O-])cn1. The number of halogens is 3. The van der Waals surface area contributed by atoms with E-state index in [1.165, 1.54) is 21.8 Å². The summed E-state index contributed by atoms with van der Waals surface area (Å²) in [7, 11) is 0. The Labute approximate surface area is 180 Å². The first kappa shape index (κ1) is 21.1. The summed E-state index contributed by atoms with van der Waals surface area (Å²) in [6, 6.07) is 5.16. The predicted molar refractivity (Wildman–Crippen MR) is 110 cm³/mol. The van der Waals surface area contributed by atoms with Crippen molar-refractivity contribution in [1.29, 1.82) is 0 Å². The molecule has 0 aliphatic carbocycles. The molecule has 1 amide bonds. The van der Waals surface area contributed by atoms with E-state index in [9.17, 15) is 14.9 Å². The van der Waals surface area contributed by atoms with E-state index < -0.39 is 16.4 Å². The van der Waals surface area contributed by atoms with Crippen LogP contribution in [0.2, 0.25) is 15.1 Å². The van der Waals surface area contributed by atoms with E-state index in [0.29, 0.717) is 15.6 Å². The fourth-order valence-corrected chi connectivity index (χ4v) is 3.20. The first-order valence-electron chi connectivity index (χ1n) is 8.26. The highest BCUT2D eigenvalue weighted by Crippen LogP contribution is 2.28. The van der Waals surface area contributed by atoms with E-state index in [1.54, 1.807) is 32.0 Å². The molecule has 0 saturated carbocycles. The molecule has 0 atom stereocenters. The topological polar surface area (TPSA) is 108 Å². The number of aromatic nitrogens is 4. The molecular weight excluding hydrogens is 443 g/mol. The molecule has 0 fully saturated rings. The Kier molecular flexibility index (Phi) is 5.83. The maximum absolute atomic E-state index is 12.7. The minimum absolute atomic E-state index is 0.134. The van der Waals surface area contributed by atoms with Crippen molar-refractivity contribution in [2.24, 2.45) is 0 Å². The zero-order valence-electron chi connectivity index (χ0n) is 15.3. The Bertz CT molecular complexity index is 1070. The van der Waals surface area contributed by atoms with Crippen LogP contribution in [0, 0.1) is 10.1 Å². The highest BCUT2D eigenvalue weighted by Gasteiger charge is 2.33. The summed E-state index contributed by atoms with van der Waals surface area (Å²) in [6.45, 7) is 3.38. The van der Waals surface area contributed by atoms with Gasteiger partial charge in [0.25, 0.3) is 5.91 Å². The van der Waals surface area contributed by atoms with Crippen LogP contribution in [0.5, 0.6) is 0 Å². The lowest BCUT2D eigenvalue weighted by atomic mass is 10.1. The Morgan fingerprint density at radius 1 is 1.21 bits per heavy atom. The van der Waals surface area contributed by atoms with Gasteiger partial charge in [0.15, 0.2) is 5.82 Å². The van der Waals surface area contributed by atoms with Crippen molar-refractivity contribution in [3.63, 3.8) is 0 Å². The summed E-state index contributed by atoms with van der Waals surface area (Å²) in [4.78, 5) is 23.0. The average Bonchev–Trinajstić information content (AvgIpc) is 3.26. The Balaban J connectivity index is 1.79. The van der Waals surface area contributed by atoms with Crippen LogP contribution in [0.4, 0.5) is 11.5 Å². The van der Waals surface area contributed by atoms with E-state index in [4.69, 9.17) is 34.8 Å². The molecule has 9 nitrogen and oxygen atoms in total. The molecule has 1 aromatic carbocycles. The lowest BCUT2D eigenvalue weighted by Gasteiger charge is -2.23. The number of nitrogens with zero attached hydrogens (tertiary/aromatic N) is 5. The molecule has 3 aromatic rings. The molecule has 0 spiro atoms. The number of anilines is 1. The smallest absolute Gasteiger partial charge is 0.306 e. The lowest BCUT2D eigenvalue weighted by Crippen LogP contribution is -2.40. The lowest BCUT2D eigenvalue weighted by molar-refractivity contribution is -0.385. The number of benzene rings is 1. The summed E-state index contributed by atoms with van der Waals surface area (Å²) in [6.07, 6.45) is 3.78. The Morgan fingerprint density at radius 2 is 1.86 bits per heavy atom. The van der Waals surface area contributed by atoms with Crippen LogP contribution in [0.25, 0.3) is 0 Å². The van der Waals surface area contributed by atoms with Crippen molar-refractivity contribution in [1.82, 2.24) is 19.6 Å². The number of hydrogen-bond donors (Lipinski definition) is 1. The number of nitrogens with one attached hydrogen (secondary N) is 1. The van der Waals surface area contributed by atoms with Gasteiger partial charge < -0.3 is 5.32 Å². The van der Waals surface area contributed by atoms with Crippen molar-refractivity contribution in [2.75, 3.05) is 5.32 Å². The number of amides is 1. The van der Waals surface area contributed by atoms with Crippen molar-refractivity contribution < 1.29 is 9.72 Å². The molecule has 0 aliphatic heterocycles. The maximum atomic E-state index is 12.7. The van der Waals surface area contributed by atoms with Gasteiger partial charge in [0, 0.05) is 21.8 Å². The van der Waals surface area contributed by atoms with E-state index in [-0.39, 0.29) is 23.1 Å². The van der Waals surface area contributed by atoms with E-state index in [0.717, 1.165) is 6.20 Å². The van der Waals surface area contributed by atoms with Crippen LogP contribution < -0.4 is 5.32 Å². The van der Waals surface area contributed by atoms with Gasteiger partial charge in [0.1, 0.15) is 23.0 Å². The van der Waals surface area contributed by atoms with Gasteiger partial charge in [-0.15, -0.1) is 0 Å². The van der Waals surface area contributed by atoms with Gasteiger partial charge in [0.2, 0.25) is 0 Å². The summed E-state index contributed by atoms with van der Waals surface area (Å²) in [5.41, 5.74) is -0.783. The van der Waals surface area contributed by atoms with Crippen molar-refractivity contribution >= 4 is 52.2 Å². The standard InChI is InChI=1S/C17H15Cl3N6O3/c1-17(2,25-7-10(6-21-25)26(28)29)16(27)22-15-14(20)9-24(23-15)8-11-12(18)4-3-5-13(11)19/h3-7,9H,8H2,1-2H3,(H,22,23,27). The van der Waals surface area contributed by atoms with E-state index >= 15 is 0 Å². The number of rotatable bonds is 6. The van der Waals surface area contributed by atoms with Gasteiger partial charge in [-0.3, -0.25) is 24.3 Å². The van der Waals surface area contributed by atoms with Gasteiger partial charge in [-0.25, -0.2) is 0 Å². The minimum Gasteiger partial charge on any atom is -0.306 e. The monoisotopic (exact) mass is 456 g/mol. The second-order valence-electron chi connectivity index (χ2n) is 6.64. The molecule has 0 aliphatic rings. The van der Waals surface area contributed by atoms with Gasteiger partial charge in [-0.05, 0) is 26.0 Å². The average molecular weight is 458 g/mol. The highest BCUT2D eigenvalue weighted by molar-refractivity contribution is 6.36. The van der Waals surface area contributed by atoms with Crippen LogP contribution in [0.1, 0.15) is 19.4 Å². The molecule has 29 heavy (non-hydrogen) atoms. The first-order valence-corrected chi connectivity index (χ1v) is 9.40. The van der Waals surface area contributed by atoms with Crippen LogP contribution in [0.3, 0.4) is 0 Å². The molecule has 0 unspecified atom stereocenters. The molecule has 0 radical (unpaired) electrons. The van der Waals surface area contributed by atoms with Crippen molar-refractivity contribution in [3.05, 3.63) is 67.5 Å². The third-order valence-electron chi connectivity index (χ3n) is 4.24. The van der Waals surface area contributed by atoms with E-state index in [2.05, 4.69) is 15.5 Å². The fraction of sp³-hybridized carbons (Fsp3) is 0.235. The van der Waals surface area contributed by atoms with Crippen LogP contribution >= 0.6 is 34.8 Å². The summed E-state index contributed by atoms with van der Waals surface area (Å²) >= 11 is 18.6.